The third-order valence-corrected chi connectivity index (χ3v) is 5.55. The van der Waals surface area contributed by atoms with Gasteiger partial charge in [0.15, 0.2) is 0 Å². The van der Waals surface area contributed by atoms with Crippen molar-refractivity contribution in [2.45, 2.75) is 10.8 Å². The van der Waals surface area contributed by atoms with Gasteiger partial charge in [0.25, 0.3) is 10.0 Å². The highest BCUT2D eigenvalue weighted by molar-refractivity contribution is 7.94. The lowest BCUT2D eigenvalue weighted by atomic mass is 10.3. The first-order chi connectivity index (χ1) is 9.55. The number of anilines is 1. The van der Waals surface area contributed by atoms with Gasteiger partial charge in [-0.25, -0.2) is 8.42 Å². The summed E-state index contributed by atoms with van der Waals surface area (Å²) in [6, 6.07) is 10.2. The van der Waals surface area contributed by atoms with E-state index >= 15 is 0 Å². The minimum Gasteiger partial charge on any atom is -0.497 e. The molecular weight excluding hydrogens is 296 g/mol. The van der Waals surface area contributed by atoms with Crippen molar-refractivity contribution in [1.29, 1.82) is 0 Å². The van der Waals surface area contributed by atoms with E-state index in [2.05, 4.69) is 10.0 Å². The Bertz CT molecular complexity index is 663. The summed E-state index contributed by atoms with van der Waals surface area (Å²) in [6.45, 7) is 0.655. The highest BCUT2D eigenvalue weighted by Gasteiger charge is 2.16. The van der Waals surface area contributed by atoms with Crippen molar-refractivity contribution in [2.75, 3.05) is 18.9 Å². The van der Waals surface area contributed by atoms with Crippen molar-refractivity contribution < 1.29 is 13.2 Å². The number of sulfonamides is 1. The van der Waals surface area contributed by atoms with Crippen LogP contribution in [0.25, 0.3) is 0 Å². The molecule has 0 aliphatic rings. The van der Waals surface area contributed by atoms with Crippen LogP contribution in [-0.2, 0) is 16.6 Å². The molecule has 2 aromatic rings. The van der Waals surface area contributed by atoms with Crippen molar-refractivity contribution in [2.24, 2.45) is 0 Å². The van der Waals surface area contributed by atoms with Crippen LogP contribution in [0, 0.1) is 0 Å². The molecule has 1 heterocycles. The molecule has 20 heavy (non-hydrogen) atoms. The summed E-state index contributed by atoms with van der Waals surface area (Å²) < 4.78 is 32.3. The molecule has 0 spiro atoms. The Balaban J connectivity index is 2.16. The van der Waals surface area contributed by atoms with Gasteiger partial charge in [0.05, 0.1) is 7.11 Å². The SMILES string of the molecule is CNCc1ccc(S(=O)(=O)Nc2ccc(OC)cc2)s1. The fraction of sp³-hybridized carbons (Fsp3) is 0.231. The summed E-state index contributed by atoms with van der Waals surface area (Å²) in [5.74, 6) is 0.681. The van der Waals surface area contributed by atoms with Crippen LogP contribution in [-0.4, -0.2) is 22.6 Å². The molecule has 0 bridgehead atoms. The Morgan fingerprint density at radius 2 is 1.85 bits per heavy atom. The van der Waals surface area contributed by atoms with Crippen molar-refractivity contribution in [3.05, 3.63) is 41.3 Å². The summed E-state index contributed by atoms with van der Waals surface area (Å²) in [5.41, 5.74) is 0.509. The molecule has 0 unspecified atom stereocenters. The van der Waals surface area contributed by atoms with E-state index in [-0.39, 0.29) is 0 Å². The topological polar surface area (TPSA) is 67.4 Å². The maximum atomic E-state index is 12.2. The number of thiophene rings is 1. The smallest absolute Gasteiger partial charge is 0.271 e. The second kappa shape index (κ2) is 6.25. The van der Waals surface area contributed by atoms with E-state index in [0.717, 1.165) is 4.88 Å². The second-order valence-electron chi connectivity index (χ2n) is 4.09. The highest BCUT2D eigenvalue weighted by Crippen LogP contribution is 2.24. The fourth-order valence-corrected chi connectivity index (χ4v) is 4.06. The van der Waals surface area contributed by atoms with Gasteiger partial charge >= 0.3 is 0 Å². The Morgan fingerprint density at radius 1 is 1.15 bits per heavy atom. The maximum Gasteiger partial charge on any atom is 0.271 e. The van der Waals surface area contributed by atoms with E-state index in [9.17, 15) is 8.42 Å². The third kappa shape index (κ3) is 3.50. The second-order valence-corrected chi connectivity index (χ2v) is 7.16. The van der Waals surface area contributed by atoms with Gasteiger partial charge in [0, 0.05) is 17.1 Å². The molecule has 1 aromatic heterocycles. The Hall–Kier alpha value is -1.57. The average molecular weight is 312 g/mol. The molecule has 0 amide bonds. The summed E-state index contributed by atoms with van der Waals surface area (Å²) in [5, 5.41) is 2.99. The van der Waals surface area contributed by atoms with E-state index in [1.807, 2.05) is 13.1 Å². The van der Waals surface area contributed by atoms with Crippen LogP contribution < -0.4 is 14.8 Å². The molecule has 5 nitrogen and oxygen atoms in total. The van der Waals surface area contributed by atoms with Gasteiger partial charge in [-0.05, 0) is 43.4 Å². The molecule has 1 aromatic carbocycles. The molecule has 0 saturated heterocycles. The number of methoxy groups -OCH3 is 1. The minimum atomic E-state index is -3.53. The zero-order valence-corrected chi connectivity index (χ0v) is 12.8. The lowest BCUT2D eigenvalue weighted by Crippen LogP contribution is -2.11. The summed E-state index contributed by atoms with van der Waals surface area (Å²) in [7, 11) is -0.144. The van der Waals surface area contributed by atoms with Crippen molar-refractivity contribution in [1.82, 2.24) is 5.32 Å². The van der Waals surface area contributed by atoms with Crippen molar-refractivity contribution in [3.63, 3.8) is 0 Å². The number of ether oxygens (including phenoxy) is 1. The lowest BCUT2D eigenvalue weighted by molar-refractivity contribution is 0.415. The summed E-state index contributed by atoms with van der Waals surface area (Å²) in [6.07, 6.45) is 0. The number of hydrogen-bond donors (Lipinski definition) is 2. The molecule has 0 aliphatic heterocycles. The van der Waals surface area contributed by atoms with E-state index in [4.69, 9.17) is 4.74 Å². The number of hydrogen-bond acceptors (Lipinski definition) is 5. The molecule has 2 N–H and O–H groups in total. The number of benzene rings is 1. The van der Waals surface area contributed by atoms with Crippen LogP contribution in [0.3, 0.4) is 0 Å². The van der Waals surface area contributed by atoms with Gasteiger partial charge in [-0.15, -0.1) is 11.3 Å². The third-order valence-electron chi connectivity index (χ3n) is 2.60. The van der Waals surface area contributed by atoms with Gasteiger partial charge in [-0.3, -0.25) is 4.72 Å². The zero-order chi connectivity index (χ0) is 14.6. The van der Waals surface area contributed by atoms with Crippen LogP contribution in [0.2, 0.25) is 0 Å². The van der Waals surface area contributed by atoms with E-state index in [1.54, 1.807) is 37.4 Å². The molecule has 7 heteroatoms. The maximum absolute atomic E-state index is 12.2. The van der Waals surface area contributed by atoms with Crippen LogP contribution in [0.15, 0.2) is 40.6 Å². The van der Waals surface area contributed by atoms with Gasteiger partial charge in [-0.2, -0.15) is 0 Å². The molecular formula is C13H16N2O3S2. The van der Waals surface area contributed by atoms with Gasteiger partial charge in [0.1, 0.15) is 9.96 Å². The molecule has 2 rings (SSSR count). The molecule has 0 fully saturated rings. The Kier molecular flexibility index (Phi) is 4.64. The molecule has 108 valence electrons. The first kappa shape index (κ1) is 14.8. The van der Waals surface area contributed by atoms with Crippen LogP contribution in [0.4, 0.5) is 5.69 Å². The first-order valence-corrected chi connectivity index (χ1v) is 8.25. The van der Waals surface area contributed by atoms with E-state index in [0.29, 0.717) is 22.2 Å². The normalized spacial score (nSPS) is 11.3. The monoisotopic (exact) mass is 312 g/mol. The van der Waals surface area contributed by atoms with Crippen LogP contribution >= 0.6 is 11.3 Å². The molecule has 0 aliphatic carbocycles. The Morgan fingerprint density at radius 3 is 2.45 bits per heavy atom. The predicted octanol–water partition coefficient (Wildman–Crippen LogP) is 2.28. The predicted molar refractivity (Wildman–Crippen MR) is 80.9 cm³/mol. The minimum absolute atomic E-state index is 0.304. The van der Waals surface area contributed by atoms with Crippen molar-refractivity contribution >= 4 is 27.0 Å². The molecule has 0 atom stereocenters. The molecule has 0 saturated carbocycles. The van der Waals surface area contributed by atoms with Gasteiger partial charge < -0.3 is 10.1 Å². The zero-order valence-electron chi connectivity index (χ0n) is 11.2. The average Bonchev–Trinajstić information content (AvgIpc) is 2.89. The van der Waals surface area contributed by atoms with Gasteiger partial charge in [-0.1, -0.05) is 0 Å². The quantitative estimate of drug-likeness (QED) is 0.859. The number of rotatable bonds is 6. The van der Waals surface area contributed by atoms with E-state index in [1.165, 1.54) is 11.3 Å². The van der Waals surface area contributed by atoms with Gasteiger partial charge in [0.2, 0.25) is 0 Å². The number of nitrogens with one attached hydrogen (secondary N) is 2. The molecule has 0 radical (unpaired) electrons. The largest absolute Gasteiger partial charge is 0.497 e. The van der Waals surface area contributed by atoms with Crippen LogP contribution in [0.1, 0.15) is 4.88 Å². The Labute approximate surface area is 122 Å². The first-order valence-electron chi connectivity index (χ1n) is 5.95. The summed E-state index contributed by atoms with van der Waals surface area (Å²) >= 11 is 1.25. The summed E-state index contributed by atoms with van der Waals surface area (Å²) in [4.78, 5) is 0.975. The lowest BCUT2D eigenvalue weighted by Gasteiger charge is -2.07. The van der Waals surface area contributed by atoms with Crippen LogP contribution in [0.5, 0.6) is 5.75 Å². The fourth-order valence-electron chi connectivity index (χ4n) is 1.64. The highest BCUT2D eigenvalue weighted by atomic mass is 32.2. The standard InChI is InChI=1S/C13H16N2O3S2/c1-14-9-12-7-8-13(19-12)20(16,17)15-10-3-5-11(18-2)6-4-10/h3-8,14-15H,9H2,1-2H3. The van der Waals surface area contributed by atoms with E-state index < -0.39 is 10.0 Å². The van der Waals surface area contributed by atoms with Crippen molar-refractivity contribution in [3.8, 4) is 5.75 Å².